The maximum atomic E-state index is 11.1. The number of pyridine rings is 1. The first kappa shape index (κ1) is 14.3. The SMILES string of the molecule is NC(=Nc1cccnc1)N(S(N)(=O)=O)S(N)(=O)=O. The van der Waals surface area contributed by atoms with Gasteiger partial charge < -0.3 is 5.73 Å². The Morgan fingerprint density at radius 3 is 2.17 bits per heavy atom. The lowest BCUT2D eigenvalue weighted by Gasteiger charge is -2.16. The highest BCUT2D eigenvalue weighted by molar-refractivity contribution is 8.02. The molecule has 0 fully saturated rings. The van der Waals surface area contributed by atoms with Crippen LogP contribution in [0.15, 0.2) is 29.5 Å². The molecular weight excluding hydrogens is 284 g/mol. The molecule has 100 valence electrons. The molecule has 18 heavy (non-hydrogen) atoms. The highest BCUT2D eigenvalue weighted by Crippen LogP contribution is 2.10. The molecule has 0 atom stereocenters. The Kier molecular flexibility index (Phi) is 3.85. The zero-order valence-corrected chi connectivity index (χ0v) is 10.5. The molecule has 1 rings (SSSR count). The van der Waals surface area contributed by atoms with Crippen molar-refractivity contribution in [1.29, 1.82) is 0 Å². The Hall–Kier alpha value is -1.76. The van der Waals surface area contributed by atoms with Crippen LogP contribution in [0.1, 0.15) is 0 Å². The van der Waals surface area contributed by atoms with E-state index in [0.29, 0.717) is 0 Å². The molecule has 0 radical (unpaired) electrons. The summed E-state index contributed by atoms with van der Waals surface area (Å²) in [4.78, 5) is 7.21. The predicted octanol–water partition coefficient (Wildman–Crippen LogP) is -2.26. The maximum absolute atomic E-state index is 11.1. The molecule has 0 aromatic carbocycles. The molecule has 0 saturated carbocycles. The summed E-state index contributed by atoms with van der Waals surface area (Å²) in [6, 6.07) is 2.91. The second kappa shape index (κ2) is 4.85. The third-order valence-electron chi connectivity index (χ3n) is 1.54. The van der Waals surface area contributed by atoms with E-state index in [0.717, 1.165) is 0 Å². The first-order valence-corrected chi connectivity index (χ1v) is 7.23. The number of nitrogens with two attached hydrogens (primary N) is 3. The summed E-state index contributed by atoms with van der Waals surface area (Å²) >= 11 is 0. The van der Waals surface area contributed by atoms with Crippen molar-refractivity contribution in [1.82, 2.24) is 8.69 Å². The van der Waals surface area contributed by atoms with Crippen molar-refractivity contribution >= 4 is 32.1 Å². The van der Waals surface area contributed by atoms with E-state index in [4.69, 9.17) is 5.73 Å². The lowest BCUT2D eigenvalue weighted by molar-refractivity contribution is 0.547. The van der Waals surface area contributed by atoms with Crippen molar-refractivity contribution in [2.24, 2.45) is 21.0 Å². The molecule has 0 saturated heterocycles. The van der Waals surface area contributed by atoms with Crippen LogP contribution in [0.25, 0.3) is 0 Å². The van der Waals surface area contributed by atoms with Crippen LogP contribution in [0.3, 0.4) is 0 Å². The highest BCUT2D eigenvalue weighted by atomic mass is 32.3. The molecule has 12 heteroatoms. The fourth-order valence-electron chi connectivity index (χ4n) is 0.999. The van der Waals surface area contributed by atoms with Crippen molar-refractivity contribution in [2.75, 3.05) is 0 Å². The van der Waals surface area contributed by atoms with Gasteiger partial charge in [-0.15, -0.1) is 3.71 Å². The van der Waals surface area contributed by atoms with Crippen molar-refractivity contribution in [2.45, 2.75) is 0 Å². The Morgan fingerprint density at radius 1 is 1.22 bits per heavy atom. The predicted molar refractivity (Wildman–Crippen MR) is 63.6 cm³/mol. The number of nitrogens with zero attached hydrogens (tertiary/aromatic N) is 3. The van der Waals surface area contributed by atoms with Crippen LogP contribution < -0.4 is 16.0 Å². The second-order valence-corrected chi connectivity index (χ2v) is 5.99. The molecular formula is C6H10N6O4S2. The number of guanidine groups is 1. The summed E-state index contributed by atoms with van der Waals surface area (Å²) in [5.74, 6) is -0.909. The topological polar surface area (TPSA) is 175 Å². The Morgan fingerprint density at radius 2 is 1.78 bits per heavy atom. The lowest BCUT2D eigenvalue weighted by Crippen LogP contribution is -2.51. The Balaban J connectivity index is 3.30. The van der Waals surface area contributed by atoms with Crippen LogP contribution in [0, 0.1) is 0 Å². The second-order valence-electron chi connectivity index (χ2n) is 2.97. The zero-order chi connectivity index (χ0) is 14.0. The smallest absolute Gasteiger partial charge is 0.315 e. The van der Waals surface area contributed by atoms with Gasteiger partial charge in [0.2, 0.25) is 5.96 Å². The number of aliphatic imine (C=N–C) groups is 1. The Labute approximate surface area is 103 Å². The molecule has 0 bridgehead atoms. The average Bonchev–Trinajstić information content (AvgIpc) is 2.13. The molecule has 0 unspecified atom stereocenters. The van der Waals surface area contributed by atoms with Crippen LogP contribution >= 0.6 is 0 Å². The minimum absolute atomic E-state index is 0.132. The summed E-state index contributed by atoms with van der Waals surface area (Å²) in [5.41, 5.74) is 5.38. The summed E-state index contributed by atoms with van der Waals surface area (Å²) in [6.45, 7) is 0. The van der Waals surface area contributed by atoms with Gasteiger partial charge in [0, 0.05) is 6.20 Å². The minimum atomic E-state index is -4.70. The molecule has 1 aromatic heterocycles. The molecule has 1 heterocycles. The number of hydrogen-bond acceptors (Lipinski definition) is 6. The normalized spacial score (nSPS) is 13.3. The van der Waals surface area contributed by atoms with Crippen molar-refractivity contribution < 1.29 is 16.8 Å². The monoisotopic (exact) mass is 294 g/mol. The fraction of sp³-hybridized carbons (Fsp3) is 0. The van der Waals surface area contributed by atoms with Gasteiger partial charge in [-0.05, 0) is 12.1 Å². The Bertz CT molecular complexity index is 621. The molecule has 0 aliphatic carbocycles. The molecule has 6 N–H and O–H groups in total. The molecule has 0 amide bonds. The van der Waals surface area contributed by atoms with Crippen molar-refractivity contribution in [3.05, 3.63) is 24.5 Å². The van der Waals surface area contributed by atoms with Gasteiger partial charge in [0.15, 0.2) is 0 Å². The van der Waals surface area contributed by atoms with Crippen LogP contribution in [0.5, 0.6) is 0 Å². The van der Waals surface area contributed by atoms with Crippen LogP contribution in [-0.4, -0.2) is 31.5 Å². The summed E-state index contributed by atoms with van der Waals surface area (Å²) in [5, 5.41) is 9.37. The van der Waals surface area contributed by atoms with Gasteiger partial charge in [0.05, 0.1) is 11.9 Å². The average molecular weight is 294 g/mol. The summed E-state index contributed by atoms with van der Waals surface area (Å²) < 4.78 is 43.9. The molecule has 10 nitrogen and oxygen atoms in total. The van der Waals surface area contributed by atoms with Crippen molar-refractivity contribution in [3.63, 3.8) is 0 Å². The van der Waals surface area contributed by atoms with E-state index in [-0.39, 0.29) is 9.40 Å². The van der Waals surface area contributed by atoms with E-state index < -0.39 is 26.4 Å². The lowest BCUT2D eigenvalue weighted by atomic mass is 10.4. The van der Waals surface area contributed by atoms with Gasteiger partial charge in [-0.1, -0.05) is 0 Å². The van der Waals surface area contributed by atoms with E-state index in [2.05, 4.69) is 20.3 Å². The number of aromatic nitrogens is 1. The van der Waals surface area contributed by atoms with Gasteiger partial charge in [-0.25, -0.2) is 15.3 Å². The standard InChI is InChI=1S/C6H10N6O4S2/c7-6(11-5-2-1-3-10-4-5)12(17(8,13)14)18(9,15)16/h1-4H,(H2,7,11)(H2,8,13,14)(H2,9,15,16). The van der Waals surface area contributed by atoms with Crippen LogP contribution in [-0.2, 0) is 20.4 Å². The van der Waals surface area contributed by atoms with E-state index in [1.165, 1.54) is 24.5 Å². The van der Waals surface area contributed by atoms with Crippen LogP contribution in [0.2, 0.25) is 0 Å². The van der Waals surface area contributed by atoms with Crippen LogP contribution in [0.4, 0.5) is 5.69 Å². The van der Waals surface area contributed by atoms with E-state index in [1.807, 2.05) is 0 Å². The third kappa shape index (κ3) is 3.63. The molecule has 0 aliphatic heterocycles. The largest absolute Gasteiger partial charge is 0.368 e. The van der Waals surface area contributed by atoms with Gasteiger partial charge in [0.25, 0.3) is 0 Å². The molecule has 1 aromatic rings. The van der Waals surface area contributed by atoms with Gasteiger partial charge >= 0.3 is 20.4 Å². The van der Waals surface area contributed by atoms with E-state index >= 15 is 0 Å². The molecule has 0 spiro atoms. The quantitative estimate of drug-likeness (QED) is 0.418. The number of rotatable bonds is 3. The number of hydrogen-bond donors (Lipinski definition) is 3. The van der Waals surface area contributed by atoms with Gasteiger partial charge in [-0.3, -0.25) is 4.98 Å². The van der Waals surface area contributed by atoms with Gasteiger partial charge in [0.1, 0.15) is 0 Å². The summed E-state index contributed by atoms with van der Waals surface area (Å²) in [6.07, 6.45) is 2.67. The molecule has 0 aliphatic rings. The maximum Gasteiger partial charge on any atom is 0.315 e. The van der Waals surface area contributed by atoms with Gasteiger partial charge in [-0.2, -0.15) is 16.8 Å². The fourth-order valence-corrected chi connectivity index (χ4v) is 2.76. The third-order valence-corrected chi connectivity index (χ3v) is 4.08. The van der Waals surface area contributed by atoms with E-state index in [9.17, 15) is 16.8 Å². The first-order valence-electron chi connectivity index (χ1n) is 4.22. The van der Waals surface area contributed by atoms with E-state index in [1.54, 1.807) is 0 Å². The zero-order valence-electron chi connectivity index (χ0n) is 8.83. The minimum Gasteiger partial charge on any atom is -0.368 e. The summed E-state index contributed by atoms with van der Waals surface area (Å²) in [7, 11) is -9.40. The highest BCUT2D eigenvalue weighted by Gasteiger charge is 2.30. The van der Waals surface area contributed by atoms with Crippen molar-refractivity contribution in [3.8, 4) is 0 Å². The first-order chi connectivity index (χ1) is 8.12.